The van der Waals surface area contributed by atoms with Crippen LogP contribution in [0.1, 0.15) is 6.92 Å². The molecule has 12 heavy (non-hydrogen) atoms. The maximum absolute atomic E-state index is 11.0. The Morgan fingerprint density at radius 2 is 2.67 bits per heavy atom. The molecule has 1 rings (SSSR count). The summed E-state index contributed by atoms with van der Waals surface area (Å²) in [7, 11) is 0. The highest BCUT2D eigenvalue weighted by Crippen LogP contribution is 1.95. The first-order valence-corrected chi connectivity index (χ1v) is 3.37. The smallest absolute Gasteiger partial charge is 0.290 e. The predicted molar refractivity (Wildman–Crippen MR) is 42.5 cm³/mol. The largest absolute Gasteiger partial charge is 0.370 e. The van der Waals surface area contributed by atoms with Gasteiger partial charge in [0.1, 0.15) is 12.4 Å². The van der Waals surface area contributed by atoms with Crippen LogP contribution in [0.25, 0.3) is 0 Å². The molecule has 0 aromatic heterocycles. The molecule has 1 aliphatic rings. The van der Waals surface area contributed by atoms with Gasteiger partial charge in [0, 0.05) is 5.70 Å². The minimum absolute atomic E-state index is 0.294. The van der Waals surface area contributed by atoms with Crippen LogP contribution in [0.3, 0.4) is 0 Å². The number of carbonyl (C=O) groups is 1. The first kappa shape index (κ1) is 8.38. The van der Waals surface area contributed by atoms with E-state index in [4.69, 9.17) is 5.53 Å². The molecule has 0 saturated heterocycles. The van der Waals surface area contributed by atoms with E-state index in [0.717, 1.165) is 5.70 Å². The Labute approximate surface area is 69.2 Å². The van der Waals surface area contributed by atoms with Gasteiger partial charge in [0.2, 0.25) is 0 Å². The van der Waals surface area contributed by atoms with Crippen LogP contribution in [0, 0.1) is 5.53 Å². The van der Waals surface area contributed by atoms with E-state index >= 15 is 0 Å². The van der Waals surface area contributed by atoms with E-state index in [0.29, 0.717) is 12.4 Å². The number of carbonyl (C=O) groups excluding carboxylic acids is 1. The summed E-state index contributed by atoms with van der Waals surface area (Å²) in [6, 6.07) is 0. The lowest BCUT2D eigenvalue weighted by molar-refractivity contribution is -0.114. The van der Waals surface area contributed by atoms with Crippen LogP contribution >= 0.6 is 0 Å². The van der Waals surface area contributed by atoms with Gasteiger partial charge in [-0.3, -0.25) is 9.79 Å². The van der Waals surface area contributed by atoms with E-state index < -0.39 is 5.91 Å². The van der Waals surface area contributed by atoms with Crippen molar-refractivity contribution in [1.29, 1.82) is 5.53 Å². The average molecular weight is 167 g/mol. The summed E-state index contributed by atoms with van der Waals surface area (Å²) in [6.07, 6.45) is 1.60. The van der Waals surface area contributed by atoms with Gasteiger partial charge in [0.05, 0.1) is 0 Å². The van der Waals surface area contributed by atoms with Crippen molar-refractivity contribution in [3.05, 3.63) is 11.8 Å². The summed E-state index contributed by atoms with van der Waals surface area (Å²) in [5, 5.41) is 5.68. The van der Waals surface area contributed by atoms with Crippen molar-refractivity contribution in [3.63, 3.8) is 0 Å². The highest BCUT2D eigenvalue weighted by molar-refractivity contribution is 6.43. The molecule has 6 heteroatoms. The van der Waals surface area contributed by atoms with Gasteiger partial charge in [0.25, 0.3) is 5.91 Å². The minimum atomic E-state index is -0.453. The van der Waals surface area contributed by atoms with Crippen LogP contribution in [-0.2, 0) is 4.79 Å². The number of hydrogen-bond donors (Lipinski definition) is 3. The van der Waals surface area contributed by atoms with Gasteiger partial charge in [-0.25, -0.2) is 5.43 Å². The lowest BCUT2D eigenvalue weighted by Gasteiger charge is -2.10. The summed E-state index contributed by atoms with van der Waals surface area (Å²) < 4.78 is 0. The summed E-state index contributed by atoms with van der Waals surface area (Å²) in [5.41, 5.74) is 9.56. The highest BCUT2D eigenvalue weighted by Gasteiger charge is 2.10. The predicted octanol–water partition coefficient (Wildman–Crippen LogP) is -0.0459. The molecule has 1 amide bonds. The number of nitrogens with zero attached hydrogens (tertiary/aromatic N) is 2. The van der Waals surface area contributed by atoms with Crippen LogP contribution in [0.15, 0.2) is 22.0 Å². The number of aliphatic imine (C=N–C) groups is 1. The maximum atomic E-state index is 11.0. The number of hydrogen-bond acceptors (Lipinski definition) is 5. The van der Waals surface area contributed by atoms with Crippen LogP contribution in [0.5, 0.6) is 0 Å². The van der Waals surface area contributed by atoms with Crippen molar-refractivity contribution in [2.24, 2.45) is 10.2 Å². The van der Waals surface area contributed by atoms with Gasteiger partial charge >= 0.3 is 0 Å². The third-order valence-corrected chi connectivity index (χ3v) is 1.35. The van der Waals surface area contributed by atoms with E-state index in [9.17, 15) is 4.79 Å². The third kappa shape index (κ3) is 1.88. The van der Waals surface area contributed by atoms with Crippen molar-refractivity contribution in [2.75, 3.05) is 6.67 Å². The maximum Gasteiger partial charge on any atom is 0.290 e. The molecular formula is C6H9N5O. The van der Waals surface area contributed by atoms with Crippen molar-refractivity contribution < 1.29 is 4.79 Å². The van der Waals surface area contributed by atoms with Crippen LogP contribution in [-0.4, -0.2) is 18.3 Å². The molecule has 0 bridgehead atoms. The van der Waals surface area contributed by atoms with E-state index in [1.54, 1.807) is 6.08 Å². The zero-order valence-electron chi connectivity index (χ0n) is 6.59. The Morgan fingerprint density at radius 1 is 1.92 bits per heavy atom. The van der Waals surface area contributed by atoms with Gasteiger partial charge < -0.3 is 5.32 Å². The van der Waals surface area contributed by atoms with Crippen LogP contribution in [0.2, 0.25) is 0 Å². The fourth-order valence-corrected chi connectivity index (χ4v) is 0.797. The molecule has 0 saturated carbocycles. The van der Waals surface area contributed by atoms with Gasteiger partial charge in [-0.05, 0) is 13.0 Å². The number of allylic oxidation sites excluding steroid dienone is 1. The topological polar surface area (TPSA) is 89.7 Å². The monoisotopic (exact) mass is 167 g/mol. The second-order valence-corrected chi connectivity index (χ2v) is 2.26. The molecule has 0 fully saturated rings. The molecule has 1 heterocycles. The Hall–Kier alpha value is -1.72. The van der Waals surface area contributed by atoms with Crippen molar-refractivity contribution >= 4 is 11.6 Å². The Bertz CT molecular complexity index is 267. The normalized spacial score (nSPS) is 15.4. The second-order valence-electron chi connectivity index (χ2n) is 2.26. The quantitative estimate of drug-likeness (QED) is 0.397. The average Bonchev–Trinajstić information content (AvgIpc) is 2.05. The Balaban J connectivity index is 2.69. The van der Waals surface area contributed by atoms with Crippen molar-refractivity contribution in [1.82, 2.24) is 10.7 Å². The molecule has 0 spiro atoms. The number of nitrogens with one attached hydrogen (secondary N) is 3. The van der Waals surface area contributed by atoms with E-state index in [1.807, 2.05) is 12.3 Å². The molecule has 6 nitrogen and oxygen atoms in total. The zero-order valence-corrected chi connectivity index (χ0v) is 6.59. The first-order chi connectivity index (χ1) is 5.74. The molecular weight excluding hydrogens is 158 g/mol. The van der Waals surface area contributed by atoms with Gasteiger partial charge in [-0.2, -0.15) is 5.53 Å². The summed E-state index contributed by atoms with van der Waals surface area (Å²) in [4.78, 5) is 14.9. The van der Waals surface area contributed by atoms with Gasteiger partial charge in [-0.1, -0.05) is 5.22 Å². The fourth-order valence-electron chi connectivity index (χ4n) is 0.797. The standard InChI is InChI=1S/C6H9N5O/c1-4-2-5(9-3-8-4)6(12)10-11-7/h2,8H,3H2,1H3,(H2,7,10,12). The molecule has 0 atom stereocenters. The lowest BCUT2D eigenvalue weighted by Crippen LogP contribution is -2.30. The Morgan fingerprint density at radius 3 is 3.25 bits per heavy atom. The molecule has 0 aromatic rings. The molecule has 1 aliphatic heterocycles. The molecule has 0 aliphatic carbocycles. The van der Waals surface area contributed by atoms with Gasteiger partial charge in [-0.15, -0.1) is 0 Å². The van der Waals surface area contributed by atoms with Crippen LogP contribution < -0.4 is 10.7 Å². The first-order valence-electron chi connectivity index (χ1n) is 3.37. The molecule has 3 N–H and O–H groups in total. The summed E-state index contributed by atoms with van der Waals surface area (Å²) in [5.74, 6) is -0.453. The van der Waals surface area contributed by atoms with E-state index in [-0.39, 0.29) is 0 Å². The summed E-state index contributed by atoms with van der Waals surface area (Å²) >= 11 is 0. The van der Waals surface area contributed by atoms with Crippen molar-refractivity contribution in [3.8, 4) is 0 Å². The van der Waals surface area contributed by atoms with E-state index in [1.165, 1.54) is 0 Å². The highest BCUT2D eigenvalue weighted by atomic mass is 16.2. The number of rotatable bonds is 2. The minimum Gasteiger partial charge on any atom is -0.370 e. The molecule has 0 unspecified atom stereocenters. The Kier molecular flexibility index (Phi) is 2.52. The second kappa shape index (κ2) is 3.61. The van der Waals surface area contributed by atoms with Crippen molar-refractivity contribution in [2.45, 2.75) is 6.92 Å². The third-order valence-electron chi connectivity index (χ3n) is 1.35. The molecule has 64 valence electrons. The van der Waals surface area contributed by atoms with Crippen LogP contribution in [0.4, 0.5) is 0 Å². The van der Waals surface area contributed by atoms with E-state index in [2.05, 4.69) is 15.5 Å². The van der Waals surface area contributed by atoms with Gasteiger partial charge in [0.15, 0.2) is 0 Å². The molecule has 0 radical (unpaired) electrons. The fraction of sp³-hybridized carbons (Fsp3) is 0.333. The SMILES string of the molecule is CC1=CC(C(=O)NN=N)=NCN1. The molecule has 0 aromatic carbocycles. The lowest BCUT2D eigenvalue weighted by atomic mass is 10.2. The summed E-state index contributed by atoms with van der Waals surface area (Å²) in [6.45, 7) is 2.23. The zero-order chi connectivity index (χ0) is 8.97. The number of amides is 1.